The quantitative estimate of drug-likeness (QED) is 0.0736. The molecule has 5 rings (SSSR count). The number of aromatic hydroxyl groups is 1. The minimum atomic E-state index is -1.58. The summed E-state index contributed by atoms with van der Waals surface area (Å²) in [6.45, 7) is 3.82. The van der Waals surface area contributed by atoms with Crippen LogP contribution in [0.3, 0.4) is 0 Å². The summed E-state index contributed by atoms with van der Waals surface area (Å²) in [5.74, 6) is -2.62. The number of benzene rings is 1. The van der Waals surface area contributed by atoms with Gasteiger partial charge in [0.2, 0.25) is 11.9 Å². The van der Waals surface area contributed by atoms with E-state index in [1.165, 1.54) is 54.1 Å². The SMILES string of the molecule is CCC(C)Nc1ncc(N(C(N)=O)C(C(=O)NC2C(=O)N3C(C(=O)[O-])=C(CSc4ncns4)CS[C@H]23)c2ccc(O)cc2)c(=O)[nH]1.[Na+]. The molecule has 3 aromatic rings. The Balaban J connectivity index is 0.00000500. The van der Waals surface area contributed by atoms with Crippen molar-refractivity contribution >= 4 is 70.5 Å². The maximum atomic E-state index is 13.9. The predicted octanol–water partition coefficient (Wildman–Crippen LogP) is -2.64. The van der Waals surface area contributed by atoms with Crippen molar-refractivity contribution in [3.8, 4) is 5.75 Å². The number of urea groups is 1. The Bertz CT molecular complexity index is 1740. The number of phenols is 1. The molecule has 0 saturated carbocycles. The normalized spacial score (nSPS) is 18.3. The molecule has 1 fully saturated rings. The number of hydrogen-bond donors (Lipinski definition) is 5. The van der Waals surface area contributed by atoms with Crippen molar-refractivity contribution in [1.82, 2.24) is 29.5 Å². The third-order valence-corrected chi connectivity index (χ3v) is 10.5. The van der Waals surface area contributed by atoms with Gasteiger partial charge in [0.25, 0.3) is 11.5 Å². The Morgan fingerprint density at radius 2 is 1.98 bits per heavy atom. The van der Waals surface area contributed by atoms with Crippen LogP contribution in [0.4, 0.5) is 16.4 Å². The van der Waals surface area contributed by atoms with Crippen molar-refractivity contribution in [2.45, 2.75) is 48.1 Å². The first-order valence-electron chi connectivity index (χ1n) is 13.8. The van der Waals surface area contributed by atoms with Crippen LogP contribution in [0.15, 0.2) is 57.2 Å². The van der Waals surface area contributed by atoms with Gasteiger partial charge >= 0.3 is 35.6 Å². The van der Waals surface area contributed by atoms with Gasteiger partial charge in [-0.1, -0.05) is 30.8 Å². The molecule has 2 aromatic heterocycles. The average molecular weight is 710 g/mol. The van der Waals surface area contributed by atoms with Crippen LogP contribution in [-0.2, 0) is 14.4 Å². The molecule has 6 N–H and O–H groups in total. The molecule has 1 aromatic carbocycles. The molecule has 0 spiro atoms. The number of fused-ring (bicyclic) bond motifs is 1. The molecule has 3 unspecified atom stereocenters. The molecule has 242 valence electrons. The number of nitrogens with two attached hydrogens (primary N) is 1. The Morgan fingerprint density at radius 1 is 1.26 bits per heavy atom. The number of aromatic nitrogens is 4. The summed E-state index contributed by atoms with van der Waals surface area (Å²) in [5.41, 5.74) is 4.95. The van der Waals surface area contributed by atoms with Gasteiger partial charge in [-0.15, -0.1) is 11.8 Å². The van der Waals surface area contributed by atoms with E-state index >= 15 is 0 Å². The molecule has 2 aliphatic heterocycles. The molecular formula is C27H28N9NaO7S3. The van der Waals surface area contributed by atoms with Crippen LogP contribution < -0.4 is 61.5 Å². The van der Waals surface area contributed by atoms with E-state index in [9.17, 15) is 34.2 Å². The maximum absolute atomic E-state index is 13.9. The van der Waals surface area contributed by atoms with Gasteiger partial charge in [-0.05, 0) is 48.1 Å². The second-order valence-corrected chi connectivity index (χ2v) is 13.3. The number of carbonyl (C=O) groups excluding carboxylic acids is 4. The van der Waals surface area contributed by atoms with E-state index in [2.05, 4.69) is 30.0 Å². The number of amides is 4. The maximum Gasteiger partial charge on any atom is 1.00 e. The standard InChI is InChI=1S/C27H29N9O7S3.Na/c1-3-12(2)32-26-29-8-16(20(38)34-26)35(25(28)43)18(13-4-6-15(37)7-5-13)21(39)33-17-22(40)36-19(24(41)42)14(9-44-23(17)36)10-45-27-30-11-31-46-27;/h4-8,11-12,17-18,23,37H,3,9-10H2,1-2H3,(H2,28,43)(H,33,39)(H,41,42)(H2,29,32,34,38);/q;+1/p-1/t12?,17?,18?,23-;/m1./s1. The largest absolute Gasteiger partial charge is 1.00 e. The van der Waals surface area contributed by atoms with Gasteiger partial charge in [-0.3, -0.25) is 29.2 Å². The topological polar surface area (TPSA) is 240 Å². The van der Waals surface area contributed by atoms with Gasteiger partial charge in [0.05, 0.1) is 17.9 Å². The predicted molar refractivity (Wildman–Crippen MR) is 169 cm³/mol. The third kappa shape index (κ3) is 7.76. The number of anilines is 2. The van der Waals surface area contributed by atoms with Gasteiger partial charge in [0.15, 0.2) is 4.34 Å². The number of rotatable bonds is 12. The van der Waals surface area contributed by atoms with Gasteiger partial charge in [-0.2, -0.15) is 4.37 Å². The minimum Gasteiger partial charge on any atom is -0.543 e. The first-order valence-corrected chi connectivity index (χ1v) is 16.6. The van der Waals surface area contributed by atoms with E-state index in [1.807, 2.05) is 13.8 Å². The summed E-state index contributed by atoms with van der Waals surface area (Å²) in [6.07, 6.45) is 3.22. The third-order valence-electron chi connectivity index (χ3n) is 7.24. The van der Waals surface area contributed by atoms with Crippen LogP contribution in [-0.4, -0.2) is 82.1 Å². The number of carboxylic acid groups (broad SMARTS) is 1. The first-order chi connectivity index (χ1) is 22.0. The fourth-order valence-electron chi connectivity index (χ4n) is 4.82. The van der Waals surface area contributed by atoms with Gasteiger partial charge < -0.3 is 31.4 Å². The molecule has 0 bridgehead atoms. The van der Waals surface area contributed by atoms with E-state index in [4.69, 9.17) is 5.73 Å². The van der Waals surface area contributed by atoms with Crippen LogP contribution in [0.1, 0.15) is 31.9 Å². The second kappa shape index (κ2) is 15.5. The van der Waals surface area contributed by atoms with Crippen molar-refractivity contribution in [3.05, 3.63) is 64.0 Å². The van der Waals surface area contributed by atoms with Gasteiger partial charge in [-0.25, -0.2) is 14.8 Å². The van der Waals surface area contributed by atoms with E-state index in [0.717, 1.165) is 33.9 Å². The van der Waals surface area contributed by atoms with Gasteiger partial charge in [0.1, 0.15) is 35.2 Å². The number of thioether (sulfide) groups is 2. The zero-order chi connectivity index (χ0) is 33.1. The number of H-pyrrole nitrogens is 1. The Morgan fingerprint density at radius 3 is 2.57 bits per heavy atom. The van der Waals surface area contributed by atoms with Crippen molar-refractivity contribution in [1.29, 1.82) is 0 Å². The number of phenolic OH excluding ortho intramolecular Hbond substituents is 1. The molecule has 4 amide bonds. The van der Waals surface area contributed by atoms with E-state index in [1.54, 1.807) is 0 Å². The molecule has 2 aliphatic rings. The van der Waals surface area contributed by atoms with Gasteiger partial charge in [0, 0.05) is 17.5 Å². The molecule has 4 atom stereocenters. The molecule has 16 nitrogen and oxygen atoms in total. The first kappa shape index (κ1) is 36.2. The molecule has 0 aliphatic carbocycles. The summed E-state index contributed by atoms with van der Waals surface area (Å²) in [7, 11) is 0. The average Bonchev–Trinajstić information content (AvgIpc) is 3.55. The molecule has 1 saturated heterocycles. The number of aromatic amines is 1. The Hall–Kier alpha value is -3.62. The van der Waals surface area contributed by atoms with E-state index in [0.29, 0.717) is 9.91 Å². The number of β-lactam (4-membered cyclic amide) rings is 1. The van der Waals surface area contributed by atoms with Crippen molar-refractivity contribution < 1.29 is 58.9 Å². The van der Waals surface area contributed by atoms with Crippen molar-refractivity contribution in [3.63, 3.8) is 0 Å². The number of hydrogen-bond acceptors (Lipinski definition) is 14. The number of aliphatic carboxylic acids is 1. The Labute approximate surface area is 302 Å². The number of nitrogens with one attached hydrogen (secondary N) is 3. The molecule has 20 heteroatoms. The van der Waals surface area contributed by atoms with Crippen LogP contribution in [0, 0.1) is 0 Å². The van der Waals surface area contributed by atoms with Crippen LogP contribution in [0.2, 0.25) is 0 Å². The fraction of sp³-hybridized carbons (Fsp3) is 0.333. The summed E-state index contributed by atoms with van der Waals surface area (Å²) in [5, 5.41) is 26.8. The minimum absolute atomic E-state index is 0. The van der Waals surface area contributed by atoms with Crippen molar-refractivity contribution in [2.75, 3.05) is 21.7 Å². The zero-order valence-corrected chi connectivity index (χ0v) is 29.8. The number of carbonyl (C=O) groups is 4. The van der Waals surface area contributed by atoms with E-state index in [-0.39, 0.29) is 75.8 Å². The smallest absolute Gasteiger partial charge is 0.543 e. The molecule has 47 heavy (non-hydrogen) atoms. The Kier molecular flexibility index (Phi) is 12.0. The molecule has 0 radical (unpaired) electrons. The summed E-state index contributed by atoms with van der Waals surface area (Å²) in [6, 6.07) is 1.34. The zero-order valence-electron chi connectivity index (χ0n) is 25.3. The molecule has 4 heterocycles. The van der Waals surface area contributed by atoms with E-state index < -0.39 is 46.8 Å². The summed E-state index contributed by atoms with van der Waals surface area (Å²) >= 11 is 3.68. The molecular weight excluding hydrogens is 682 g/mol. The van der Waals surface area contributed by atoms with Crippen LogP contribution in [0.25, 0.3) is 0 Å². The van der Waals surface area contributed by atoms with Crippen LogP contribution in [0.5, 0.6) is 5.75 Å². The summed E-state index contributed by atoms with van der Waals surface area (Å²) < 4.78 is 4.55. The number of nitrogens with zero attached hydrogens (tertiary/aromatic N) is 5. The number of carboxylic acids is 1. The summed E-state index contributed by atoms with van der Waals surface area (Å²) in [4.78, 5) is 78.1. The second-order valence-electron chi connectivity index (χ2n) is 10.2. The van der Waals surface area contributed by atoms with Crippen molar-refractivity contribution in [2.24, 2.45) is 5.73 Å². The number of primary amides is 1. The monoisotopic (exact) mass is 709 g/mol. The van der Waals surface area contributed by atoms with Crippen LogP contribution >= 0.6 is 35.1 Å². The fourth-order valence-corrected chi connectivity index (χ4v) is 7.75.